The van der Waals surface area contributed by atoms with Gasteiger partial charge >= 0.3 is 12.1 Å². The van der Waals surface area contributed by atoms with E-state index in [1.54, 1.807) is 60.7 Å². The van der Waals surface area contributed by atoms with Crippen molar-refractivity contribution in [3.63, 3.8) is 0 Å². The molecule has 34 heavy (non-hydrogen) atoms. The Morgan fingerprint density at radius 2 is 1.76 bits per heavy atom. The quantitative estimate of drug-likeness (QED) is 0.390. The number of benzene rings is 2. The number of nitrogens with one attached hydrogen (secondary N) is 1. The van der Waals surface area contributed by atoms with E-state index in [1.807, 2.05) is 0 Å². The second kappa shape index (κ2) is 9.03. The Balaban J connectivity index is 1.66. The summed E-state index contributed by atoms with van der Waals surface area (Å²) in [5.41, 5.74) is 3.55. The van der Waals surface area contributed by atoms with Crippen LogP contribution in [0.1, 0.15) is 18.4 Å². The zero-order valence-corrected chi connectivity index (χ0v) is 20.1. The SMILES string of the molecule is NC(=O)OCCC1(c2ccccc2)CC1(NS(=O)(=O)c1ccc(-c2ccc(Cl)cc2)s1)C(=O)O. The molecule has 1 aliphatic rings. The molecule has 4 N–H and O–H groups in total. The van der Waals surface area contributed by atoms with Crippen LogP contribution in [0.4, 0.5) is 4.79 Å². The van der Waals surface area contributed by atoms with Crippen LogP contribution < -0.4 is 10.5 Å². The fourth-order valence-electron chi connectivity index (χ4n) is 4.26. The topological polar surface area (TPSA) is 136 Å². The first-order valence-electron chi connectivity index (χ1n) is 10.2. The molecule has 8 nitrogen and oxygen atoms in total. The van der Waals surface area contributed by atoms with Crippen molar-refractivity contribution in [2.75, 3.05) is 6.61 Å². The van der Waals surface area contributed by atoms with Gasteiger partial charge in [0.05, 0.1) is 6.61 Å². The van der Waals surface area contributed by atoms with E-state index >= 15 is 0 Å². The van der Waals surface area contributed by atoms with Gasteiger partial charge in [0.15, 0.2) is 0 Å². The van der Waals surface area contributed by atoms with Gasteiger partial charge in [-0.2, -0.15) is 4.72 Å². The van der Waals surface area contributed by atoms with Crippen molar-refractivity contribution in [2.45, 2.75) is 28.0 Å². The van der Waals surface area contributed by atoms with Crippen LogP contribution in [0, 0.1) is 0 Å². The molecule has 2 aromatic carbocycles. The fraction of sp³-hybridized carbons (Fsp3) is 0.217. The Labute approximate surface area is 205 Å². The van der Waals surface area contributed by atoms with E-state index in [9.17, 15) is 23.1 Å². The number of halogens is 1. The summed E-state index contributed by atoms with van der Waals surface area (Å²) in [6.07, 6.45) is -0.913. The van der Waals surface area contributed by atoms with Gasteiger partial charge in [0.1, 0.15) is 9.75 Å². The largest absolute Gasteiger partial charge is 0.480 e. The number of nitrogens with two attached hydrogens (primary N) is 1. The Kier molecular flexibility index (Phi) is 6.43. The minimum atomic E-state index is -4.19. The first-order chi connectivity index (χ1) is 16.1. The summed E-state index contributed by atoms with van der Waals surface area (Å²) in [6.45, 7) is -0.152. The van der Waals surface area contributed by atoms with Crippen molar-refractivity contribution in [1.82, 2.24) is 4.72 Å². The number of sulfonamides is 1. The summed E-state index contributed by atoms with van der Waals surface area (Å²) in [6, 6.07) is 18.8. The number of rotatable bonds is 9. The Hall–Kier alpha value is -2.92. The third-order valence-corrected chi connectivity index (χ3v) is 9.38. The molecule has 2 unspecified atom stereocenters. The maximum Gasteiger partial charge on any atom is 0.404 e. The lowest BCUT2D eigenvalue weighted by Gasteiger charge is -2.24. The minimum absolute atomic E-state index is 0.00385. The number of carbonyl (C=O) groups excluding carboxylic acids is 1. The summed E-state index contributed by atoms with van der Waals surface area (Å²) in [7, 11) is -4.19. The molecule has 1 saturated carbocycles. The number of amides is 1. The predicted molar refractivity (Wildman–Crippen MR) is 128 cm³/mol. The number of carbonyl (C=O) groups is 2. The number of ether oxygens (including phenoxy) is 1. The average molecular weight is 521 g/mol. The number of aliphatic carboxylic acids is 1. The van der Waals surface area contributed by atoms with Gasteiger partial charge in [-0.3, -0.25) is 4.79 Å². The molecule has 1 heterocycles. The molecule has 4 rings (SSSR count). The molecule has 1 amide bonds. The number of primary amides is 1. The van der Waals surface area contributed by atoms with E-state index < -0.39 is 33.0 Å². The number of carboxylic acid groups (broad SMARTS) is 1. The lowest BCUT2D eigenvalue weighted by Crippen LogP contribution is -2.49. The smallest absolute Gasteiger partial charge is 0.404 e. The Morgan fingerprint density at radius 3 is 2.38 bits per heavy atom. The molecule has 0 aliphatic heterocycles. The first-order valence-corrected chi connectivity index (χ1v) is 12.9. The van der Waals surface area contributed by atoms with Crippen molar-refractivity contribution in [3.05, 3.63) is 77.3 Å². The van der Waals surface area contributed by atoms with E-state index in [1.165, 1.54) is 6.07 Å². The van der Waals surface area contributed by atoms with E-state index in [-0.39, 0.29) is 23.7 Å². The molecule has 1 aromatic heterocycles. The van der Waals surface area contributed by atoms with Crippen molar-refractivity contribution in [1.29, 1.82) is 0 Å². The van der Waals surface area contributed by atoms with Gasteiger partial charge in [0, 0.05) is 15.3 Å². The van der Waals surface area contributed by atoms with E-state index in [4.69, 9.17) is 22.1 Å². The molecule has 1 aliphatic carbocycles. The fourth-order valence-corrected chi connectivity index (χ4v) is 7.12. The van der Waals surface area contributed by atoms with Crippen molar-refractivity contribution in [2.24, 2.45) is 5.73 Å². The highest BCUT2D eigenvalue weighted by molar-refractivity contribution is 7.91. The van der Waals surface area contributed by atoms with Crippen LogP contribution in [0.15, 0.2) is 70.9 Å². The van der Waals surface area contributed by atoms with Gasteiger partial charge in [-0.1, -0.05) is 54.1 Å². The number of hydrogen-bond acceptors (Lipinski definition) is 6. The molecule has 3 aromatic rings. The first kappa shape index (κ1) is 24.2. The third-order valence-electron chi connectivity index (χ3n) is 6.01. The van der Waals surface area contributed by atoms with Gasteiger partial charge in [-0.15, -0.1) is 11.3 Å². The molecular weight excluding hydrogens is 500 g/mol. The summed E-state index contributed by atoms with van der Waals surface area (Å²) in [5, 5.41) is 10.7. The second-order valence-electron chi connectivity index (χ2n) is 7.98. The van der Waals surface area contributed by atoms with Gasteiger partial charge < -0.3 is 15.6 Å². The summed E-state index contributed by atoms with van der Waals surface area (Å²) in [4.78, 5) is 24.2. The van der Waals surface area contributed by atoms with E-state index in [0.717, 1.165) is 16.9 Å². The van der Waals surface area contributed by atoms with E-state index in [0.29, 0.717) is 15.5 Å². The second-order valence-corrected chi connectivity index (χ2v) is 11.4. The highest BCUT2D eigenvalue weighted by Crippen LogP contribution is 2.60. The van der Waals surface area contributed by atoms with Crippen LogP contribution >= 0.6 is 22.9 Å². The summed E-state index contributed by atoms with van der Waals surface area (Å²) >= 11 is 6.95. The van der Waals surface area contributed by atoms with Crippen molar-refractivity contribution >= 4 is 45.0 Å². The van der Waals surface area contributed by atoms with Gasteiger partial charge in [0.2, 0.25) is 0 Å². The van der Waals surface area contributed by atoms with Crippen LogP contribution in [0.5, 0.6) is 0 Å². The lowest BCUT2D eigenvalue weighted by atomic mass is 9.87. The molecule has 11 heteroatoms. The average Bonchev–Trinajstić information content (AvgIpc) is 3.16. The molecule has 0 radical (unpaired) electrons. The number of thiophene rings is 1. The molecular formula is C23H21ClN2O6S2. The molecule has 0 saturated heterocycles. The standard InChI is InChI=1S/C23H21ClN2O6S2/c24-17-8-6-15(7-9-17)18-10-11-19(33-18)34(30,31)26-23(20(27)28)14-22(23,12-13-32-21(25)29)16-4-2-1-3-5-16/h1-11,26H,12-14H2,(H2,25,29)(H,27,28). The van der Waals surface area contributed by atoms with Crippen molar-refractivity contribution in [3.8, 4) is 10.4 Å². The normalized spacial score (nSPS) is 21.7. The molecule has 178 valence electrons. The van der Waals surface area contributed by atoms with Crippen molar-refractivity contribution < 1.29 is 27.9 Å². The Bertz CT molecular complexity index is 1330. The van der Waals surface area contributed by atoms with Crippen LogP contribution in [0.3, 0.4) is 0 Å². The lowest BCUT2D eigenvalue weighted by molar-refractivity contribution is -0.140. The predicted octanol–water partition coefficient (Wildman–Crippen LogP) is 4.00. The molecule has 0 spiro atoms. The molecule has 1 fully saturated rings. The highest BCUT2D eigenvalue weighted by atomic mass is 35.5. The van der Waals surface area contributed by atoms with Crippen LogP contribution in [0.2, 0.25) is 5.02 Å². The maximum atomic E-state index is 13.3. The van der Waals surface area contributed by atoms with Gasteiger partial charge in [0.25, 0.3) is 10.0 Å². The zero-order valence-electron chi connectivity index (χ0n) is 17.7. The number of carboxylic acids is 1. The van der Waals surface area contributed by atoms with Crippen LogP contribution in [-0.2, 0) is 25.0 Å². The molecule has 0 bridgehead atoms. The third kappa shape index (κ3) is 4.41. The van der Waals surface area contributed by atoms with Gasteiger partial charge in [-0.25, -0.2) is 13.2 Å². The Morgan fingerprint density at radius 1 is 1.09 bits per heavy atom. The zero-order chi connectivity index (χ0) is 24.6. The van der Waals surface area contributed by atoms with Crippen LogP contribution in [0.25, 0.3) is 10.4 Å². The number of hydrogen-bond donors (Lipinski definition) is 3. The monoisotopic (exact) mass is 520 g/mol. The van der Waals surface area contributed by atoms with Gasteiger partial charge in [-0.05, 0) is 48.2 Å². The van der Waals surface area contributed by atoms with E-state index in [2.05, 4.69) is 4.72 Å². The van der Waals surface area contributed by atoms with Crippen LogP contribution in [-0.4, -0.2) is 37.7 Å². The summed E-state index contributed by atoms with van der Waals surface area (Å²) < 4.78 is 33.9. The minimum Gasteiger partial charge on any atom is -0.480 e. The molecule has 2 atom stereocenters. The highest BCUT2D eigenvalue weighted by Gasteiger charge is 2.74. The maximum absolute atomic E-state index is 13.3. The summed E-state index contributed by atoms with van der Waals surface area (Å²) in [5.74, 6) is -1.31.